The third-order valence-electron chi connectivity index (χ3n) is 4.53. The van der Waals surface area contributed by atoms with Crippen LogP contribution in [0.3, 0.4) is 0 Å². The predicted molar refractivity (Wildman–Crippen MR) is 115 cm³/mol. The Morgan fingerprint density at radius 3 is 2.67 bits per heavy atom. The van der Waals surface area contributed by atoms with Gasteiger partial charge in [0.1, 0.15) is 5.82 Å². The number of hydrogen-bond donors (Lipinski definition) is 0. The topological polar surface area (TPSA) is 61.2 Å². The van der Waals surface area contributed by atoms with Crippen LogP contribution in [0.4, 0.5) is 4.39 Å². The number of benzene rings is 3. The maximum Gasteiger partial charge on any atom is 0.337 e. The largest absolute Gasteiger partial charge is 0.465 e. The number of rotatable bonds is 5. The Kier molecular flexibility index (Phi) is 5.63. The van der Waals surface area contributed by atoms with Crippen LogP contribution in [0.5, 0.6) is 0 Å². The first-order valence-corrected chi connectivity index (χ1v) is 10.1. The molecule has 30 heavy (non-hydrogen) atoms. The molecular weight excluding hydrogens is 403 g/mol. The minimum absolute atomic E-state index is 0.267. The number of carbonyl (C=O) groups excluding carboxylic acids is 1. The molecule has 1 heterocycles. The van der Waals surface area contributed by atoms with Crippen LogP contribution in [-0.2, 0) is 10.5 Å². The molecule has 0 spiro atoms. The van der Waals surface area contributed by atoms with Gasteiger partial charge in [-0.2, -0.15) is 0 Å². The molecular formula is C23H17FN2O3S. The van der Waals surface area contributed by atoms with Crippen molar-refractivity contribution >= 4 is 28.6 Å². The lowest BCUT2D eigenvalue weighted by Gasteiger charge is -2.13. The number of esters is 1. The number of ether oxygens (including phenoxy) is 1. The average Bonchev–Trinajstić information content (AvgIpc) is 2.77. The lowest BCUT2D eigenvalue weighted by Crippen LogP contribution is -2.21. The molecule has 0 N–H and O–H groups in total. The van der Waals surface area contributed by atoms with Gasteiger partial charge in [0.15, 0.2) is 5.16 Å². The Morgan fingerprint density at radius 1 is 1.07 bits per heavy atom. The molecule has 150 valence electrons. The van der Waals surface area contributed by atoms with E-state index in [0.717, 1.165) is 5.56 Å². The fourth-order valence-electron chi connectivity index (χ4n) is 3.11. The zero-order valence-electron chi connectivity index (χ0n) is 16.0. The summed E-state index contributed by atoms with van der Waals surface area (Å²) in [5.41, 5.74) is 2.03. The zero-order valence-corrected chi connectivity index (χ0v) is 16.9. The molecule has 0 bridgehead atoms. The lowest BCUT2D eigenvalue weighted by molar-refractivity contribution is 0.0600. The molecule has 0 aliphatic carbocycles. The van der Waals surface area contributed by atoms with Crippen molar-refractivity contribution in [2.24, 2.45) is 0 Å². The summed E-state index contributed by atoms with van der Waals surface area (Å²) < 4.78 is 20.0. The molecule has 0 aliphatic heterocycles. The fraction of sp³-hybridized carbons (Fsp3) is 0.0870. The molecule has 0 fully saturated rings. The van der Waals surface area contributed by atoms with E-state index in [9.17, 15) is 14.0 Å². The van der Waals surface area contributed by atoms with Gasteiger partial charge in [-0.1, -0.05) is 42.1 Å². The maximum absolute atomic E-state index is 13.8. The molecule has 0 aliphatic rings. The first kappa shape index (κ1) is 19.8. The number of carbonyl (C=O) groups is 1. The van der Waals surface area contributed by atoms with Gasteiger partial charge in [0, 0.05) is 5.75 Å². The van der Waals surface area contributed by atoms with E-state index in [-0.39, 0.29) is 5.56 Å². The maximum atomic E-state index is 13.8. The van der Waals surface area contributed by atoms with Crippen LogP contribution in [0, 0.1) is 5.82 Å². The van der Waals surface area contributed by atoms with Crippen LogP contribution in [0.1, 0.15) is 15.9 Å². The summed E-state index contributed by atoms with van der Waals surface area (Å²) in [7, 11) is 1.33. The van der Waals surface area contributed by atoms with E-state index in [0.29, 0.717) is 33.1 Å². The van der Waals surface area contributed by atoms with Gasteiger partial charge in [0.2, 0.25) is 0 Å². The molecule has 0 atom stereocenters. The van der Waals surface area contributed by atoms with Gasteiger partial charge in [-0.25, -0.2) is 14.2 Å². The van der Waals surface area contributed by atoms with Crippen molar-refractivity contribution in [2.75, 3.05) is 7.11 Å². The van der Waals surface area contributed by atoms with Crippen LogP contribution in [0.25, 0.3) is 16.6 Å². The van der Waals surface area contributed by atoms with Crippen molar-refractivity contribution in [2.45, 2.75) is 10.9 Å². The molecule has 4 aromatic rings. The third-order valence-corrected chi connectivity index (χ3v) is 5.54. The second kappa shape index (κ2) is 8.51. The summed E-state index contributed by atoms with van der Waals surface area (Å²) in [6.07, 6.45) is 0. The molecule has 0 unspecified atom stereocenters. The third kappa shape index (κ3) is 3.97. The van der Waals surface area contributed by atoms with Gasteiger partial charge in [0.05, 0.1) is 29.3 Å². The number of methoxy groups -OCH3 is 1. The Balaban J connectivity index is 1.77. The van der Waals surface area contributed by atoms with E-state index in [4.69, 9.17) is 4.74 Å². The average molecular weight is 420 g/mol. The zero-order chi connectivity index (χ0) is 21.1. The monoisotopic (exact) mass is 420 g/mol. The van der Waals surface area contributed by atoms with Gasteiger partial charge in [-0.15, -0.1) is 0 Å². The lowest BCUT2D eigenvalue weighted by atomic mass is 10.1. The summed E-state index contributed by atoms with van der Waals surface area (Å²) in [6, 6.07) is 20.0. The van der Waals surface area contributed by atoms with Crippen LogP contribution in [-0.4, -0.2) is 22.6 Å². The van der Waals surface area contributed by atoms with Gasteiger partial charge in [-0.05, 0) is 48.0 Å². The van der Waals surface area contributed by atoms with Crippen molar-refractivity contribution in [1.29, 1.82) is 0 Å². The van der Waals surface area contributed by atoms with Crippen LogP contribution in [0.15, 0.2) is 82.7 Å². The summed E-state index contributed by atoms with van der Waals surface area (Å²) in [5, 5.41) is 0.895. The van der Waals surface area contributed by atoms with E-state index in [1.807, 2.05) is 12.1 Å². The number of aromatic nitrogens is 2. The smallest absolute Gasteiger partial charge is 0.337 e. The first-order chi connectivity index (χ1) is 14.6. The van der Waals surface area contributed by atoms with Gasteiger partial charge in [0.25, 0.3) is 5.56 Å². The van der Waals surface area contributed by atoms with Crippen LogP contribution < -0.4 is 5.56 Å². The Labute approximate surface area is 176 Å². The van der Waals surface area contributed by atoms with Crippen molar-refractivity contribution < 1.29 is 13.9 Å². The highest BCUT2D eigenvalue weighted by Crippen LogP contribution is 2.25. The quantitative estimate of drug-likeness (QED) is 0.268. The SMILES string of the molecule is COC(=O)c1cccc(CSc2nc3ccccc3c(=O)n2-c2cccc(F)c2)c1. The highest BCUT2D eigenvalue weighted by atomic mass is 32.2. The Hall–Kier alpha value is -3.45. The predicted octanol–water partition coefficient (Wildman–Crippen LogP) is 4.60. The highest BCUT2D eigenvalue weighted by Gasteiger charge is 2.14. The van der Waals surface area contributed by atoms with E-state index in [1.165, 1.54) is 35.6 Å². The number of fused-ring (bicyclic) bond motifs is 1. The molecule has 1 aromatic heterocycles. The van der Waals surface area contributed by atoms with Crippen LogP contribution >= 0.6 is 11.8 Å². The molecule has 3 aromatic carbocycles. The normalized spacial score (nSPS) is 10.9. The molecule has 7 heteroatoms. The summed E-state index contributed by atoms with van der Waals surface area (Å²) in [5.74, 6) is -0.387. The number of halogens is 1. The van der Waals surface area contributed by atoms with Crippen molar-refractivity contribution in [3.63, 3.8) is 0 Å². The number of para-hydroxylation sites is 1. The minimum Gasteiger partial charge on any atom is -0.465 e. The number of nitrogens with zero attached hydrogens (tertiary/aromatic N) is 2. The molecule has 0 saturated heterocycles. The highest BCUT2D eigenvalue weighted by molar-refractivity contribution is 7.98. The van der Waals surface area contributed by atoms with Gasteiger partial charge >= 0.3 is 5.97 Å². The van der Waals surface area contributed by atoms with Crippen LogP contribution in [0.2, 0.25) is 0 Å². The first-order valence-electron chi connectivity index (χ1n) is 9.14. The van der Waals surface area contributed by atoms with Crippen molar-refractivity contribution in [3.05, 3.63) is 100 Å². The second-order valence-electron chi connectivity index (χ2n) is 6.51. The minimum atomic E-state index is -0.436. The molecule has 4 rings (SSSR count). The summed E-state index contributed by atoms with van der Waals surface area (Å²) in [6.45, 7) is 0. The van der Waals surface area contributed by atoms with Gasteiger partial charge < -0.3 is 4.74 Å². The Bertz CT molecular complexity index is 1300. The number of hydrogen-bond acceptors (Lipinski definition) is 5. The fourth-order valence-corrected chi connectivity index (χ4v) is 4.06. The van der Waals surface area contributed by atoms with Crippen molar-refractivity contribution in [3.8, 4) is 5.69 Å². The van der Waals surface area contributed by atoms with E-state index in [1.54, 1.807) is 48.5 Å². The number of thioether (sulfide) groups is 1. The molecule has 0 saturated carbocycles. The van der Waals surface area contributed by atoms with Gasteiger partial charge in [-0.3, -0.25) is 9.36 Å². The van der Waals surface area contributed by atoms with Crippen molar-refractivity contribution in [1.82, 2.24) is 9.55 Å². The van der Waals surface area contributed by atoms with E-state index in [2.05, 4.69) is 4.98 Å². The molecule has 5 nitrogen and oxygen atoms in total. The second-order valence-corrected chi connectivity index (χ2v) is 7.46. The standard InChI is InChI=1S/C23H17FN2O3S/c1-29-22(28)16-7-4-6-15(12-16)14-30-23-25-20-11-3-2-10-19(20)21(27)26(23)18-9-5-8-17(24)13-18/h2-13H,14H2,1H3. The summed E-state index contributed by atoms with van der Waals surface area (Å²) in [4.78, 5) is 29.6. The van der Waals surface area contributed by atoms with E-state index >= 15 is 0 Å². The Morgan fingerprint density at radius 2 is 1.87 bits per heavy atom. The molecule has 0 amide bonds. The summed E-state index contributed by atoms with van der Waals surface area (Å²) >= 11 is 1.34. The van der Waals surface area contributed by atoms with E-state index < -0.39 is 11.8 Å². The molecule has 0 radical (unpaired) electrons.